The number of hydrogen-bond acceptors (Lipinski definition) is 2. The van der Waals surface area contributed by atoms with Crippen LogP contribution in [0.4, 0.5) is 5.69 Å². The molecule has 0 aliphatic heterocycles. The Morgan fingerprint density at radius 1 is 1.12 bits per heavy atom. The highest BCUT2D eigenvalue weighted by molar-refractivity contribution is 5.90. The van der Waals surface area contributed by atoms with Crippen LogP contribution in [0.5, 0.6) is 0 Å². The van der Waals surface area contributed by atoms with Crippen molar-refractivity contribution >= 4 is 11.6 Å². The van der Waals surface area contributed by atoms with E-state index in [1.165, 1.54) is 16.8 Å². The lowest BCUT2D eigenvalue weighted by atomic mass is 10.0. The highest BCUT2D eigenvalue weighted by atomic mass is 16.1. The van der Waals surface area contributed by atoms with E-state index < -0.39 is 0 Å². The number of hydrogen-bond donors (Lipinski definition) is 1. The maximum absolute atomic E-state index is 12.3. The van der Waals surface area contributed by atoms with Gasteiger partial charge in [0.15, 0.2) is 0 Å². The number of benzene rings is 1. The van der Waals surface area contributed by atoms with Crippen LogP contribution in [0.2, 0.25) is 0 Å². The molecule has 0 fully saturated rings. The Morgan fingerprint density at radius 2 is 1.76 bits per heavy atom. The van der Waals surface area contributed by atoms with Gasteiger partial charge in [-0.25, -0.2) is 0 Å². The normalized spacial score (nSPS) is 11.4. The summed E-state index contributed by atoms with van der Waals surface area (Å²) in [5.41, 5.74) is 5.55. The van der Waals surface area contributed by atoms with Crippen LogP contribution in [0.25, 0.3) is 0 Å². The molecule has 1 amide bonds. The van der Waals surface area contributed by atoms with E-state index in [1.807, 2.05) is 19.1 Å². The molecule has 136 valence electrons. The Labute approximate surface area is 151 Å². The van der Waals surface area contributed by atoms with Crippen molar-refractivity contribution in [1.29, 1.82) is 0 Å². The number of nitrogens with one attached hydrogen (secondary N) is 1. The van der Waals surface area contributed by atoms with Crippen LogP contribution in [0.15, 0.2) is 24.3 Å². The summed E-state index contributed by atoms with van der Waals surface area (Å²) in [7, 11) is 0. The van der Waals surface area contributed by atoms with Crippen LogP contribution >= 0.6 is 0 Å². The van der Waals surface area contributed by atoms with E-state index in [1.54, 1.807) is 0 Å². The zero-order valence-corrected chi connectivity index (χ0v) is 16.4. The third kappa shape index (κ3) is 5.18. The van der Waals surface area contributed by atoms with Crippen molar-refractivity contribution in [2.75, 3.05) is 5.32 Å². The van der Waals surface area contributed by atoms with Crippen molar-refractivity contribution in [2.24, 2.45) is 5.92 Å². The second-order valence-electron chi connectivity index (χ2n) is 7.55. The second kappa shape index (κ2) is 8.32. The van der Waals surface area contributed by atoms with Crippen LogP contribution in [-0.2, 0) is 17.8 Å². The van der Waals surface area contributed by atoms with Crippen molar-refractivity contribution in [3.8, 4) is 0 Å². The Bertz CT molecular complexity index is 711. The third-order valence-electron chi connectivity index (χ3n) is 4.53. The summed E-state index contributed by atoms with van der Waals surface area (Å²) in [5.74, 6) is 1.11. The Morgan fingerprint density at radius 3 is 2.32 bits per heavy atom. The standard InChI is InChI=1S/C21H31N3O/c1-14(2)13-24-17(6)20(16(5)23-24)11-12-21(25)22-19-9-7-18(8-10-19)15(3)4/h7-10,14-15H,11-13H2,1-6H3,(H,22,25). The maximum atomic E-state index is 12.3. The van der Waals surface area contributed by atoms with E-state index in [-0.39, 0.29) is 5.91 Å². The van der Waals surface area contributed by atoms with Gasteiger partial charge in [0, 0.05) is 24.3 Å². The monoisotopic (exact) mass is 341 g/mol. The molecule has 1 heterocycles. The summed E-state index contributed by atoms with van der Waals surface area (Å²) in [5, 5.41) is 7.61. The molecule has 0 atom stereocenters. The number of anilines is 1. The summed E-state index contributed by atoms with van der Waals surface area (Å²) in [6, 6.07) is 8.10. The van der Waals surface area contributed by atoms with Gasteiger partial charge in [-0.15, -0.1) is 0 Å². The molecule has 2 aromatic rings. The molecule has 25 heavy (non-hydrogen) atoms. The van der Waals surface area contributed by atoms with Crippen molar-refractivity contribution in [3.05, 3.63) is 46.8 Å². The zero-order chi connectivity index (χ0) is 18.6. The van der Waals surface area contributed by atoms with Gasteiger partial charge in [0.25, 0.3) is 0 Å². The van der Waals surface area contributed by atoms with Gasteiger partial charge in [0.1, 0.15) is 0 Å². The molecule has 4 heteroatoms. The van der Waals surface area contributed by atoms with Crippen molar-refractivity contribution in [2.45, 2.75) is 66.8 Å². The van der Waals surface area contributed by atoms with E-state index in [0.29, 0.717) is 18.3 Å². The van der Waals surface area contributed by atoms with Crippen molar-refractivity contribution in [3.63, 3.8) is 0 Å². The molecule has 1 aromatic carbocycles. The summed E-state index contributed by atoms with van der Waals surface area (Å²) >= 11 is 0. The molecule has 0 bridgehead atoms. The molecule has 0 saturated heterocycles. The molecular weight excluding hydrogens is 310 g/mol. The lowest BCUT2D eigenvalue weighted by molar-refractivity contribution is -0.116. The summed E-state index contributed by atoms with van der Waals surface area (Å²) < 4.78 is 2.07. The van der Waals surface area contributed by atoms with Crippen LogP contribution < -0.4 is 5.32 Å². The van der Waals surface area contributed by atoms with Gasteiger partial charge < -0.3 is 5.32 Å². The number of aryl methyl sites for hydroxylation is 1. The van der Waals surface area contributed by atoms with Crippen LogP contribution in [0.1, 0.15) is 62.5 Å². The Hall–Kier alpha value is -2.10. The van der Waals surface area contributed by atoms with E-state index in [2.05, 4.69) is 61.8 Å². The number of carbonyl (C=O) groups excluding carboxylic acids is 1. The van der Waals surface area contributed by atoms with Crippen LogP contribution in [-0.4, -0.2) is 15.7 Å². The van der Waals surface area contributed by atoms with E-state index in [9.17, 15) is 4.79 Å². The zero-order valence-electron chi connectivity index (χ0n) is 16.4. The van der Waals surface area contributed by atoms with Gasteiger partial charge in [-0.1, -0.05) is 39.8 Å². The summed E-state index contributed by atoms with van der Waals surface area (Å²) in [6.45, 7) is 13.8. The van der Waals surface area contributed by atoms with Gasteiger partial charge in [-0.3, -0.25) is 9.48 Å². The Balaban J connectivity index is 1.95. The number of aromatic nitrogens is 2. The van der Waals surface area contributed by atoms with Gasteiger partial charge in [0.2, 0.25) is 5.91 Å². The first-order valence-electron chi connectivity index (χ1n) is 9.20. The molecule has 0 unspecified atom stereocenters. The van der Waals surface area contributed by atoms with Gasteiger partial charge in [0.05, 0.1) is 5.69 Å². The second-order valence-corrected chi connectivity index (χ2v) is 7.55. The minimum Gasteiger partial charge on any atom is -0.326 e. The van der Waals surface area contributed by atoms with Crippen molar-refractivity contribution in [1.82, 2.24) is 9.78 Å². The minimum absolute atomic E-state index is 0.0488. The average molecular weight is 341 g/mol. The smallest absolute Gasteiger partial charge is 0.224 e. The largest absolute Gasteiger partial charge is 0.326 e. The van der Waals surface area contributed by atoms with Gasteiger partial charge in [-0.05, 0) is 55.4 Å². The molecule has 0 aliphatic carbocycles. The number of rotatable bonds is 7. The third-order valence-corrected chi connectivity index (χ3v) is 4.53. The average Bonchev–Trinajstić information content (AvgIpc) is 2.79. The lowest BCUT2D eigenvalue weighted by Gasteiger charge is -2.09. The first-order valence-corrected chi connectivity index (χ1v) is 9.20. The molecule has 1 N–H and O–H groups in total. The van der Waals surface area contributed by atoms with Crippen molar-refractivity contribution < 1.29 is 4.79 Å². The lowest BCUT2D eigenvalue weighted by Crippen LogP contribution is -2.13. The van der Waals surface area contributed by atoms with Gasteiger partial charge >= 0.3 is 0 Å². The molecule has 4 nitrogen and oxygen atoms in total. The van der Waals surface area contributed by atoms with Crippen LogP contribution in [0.3, 0.4) is 0 Å². The quantitative estimate of drug-likeness (QED) is 0.782. The topological polar surface area (TPSA) is 46.9 Å². The van der Waals surface area contributed by atoms with Crippen LogP contribution in [0, 0.1) is 19.8 Å². The molecule has 0 aliphatic rings. The SMILES string of the molecule is Cc1nn(CC(C)C)c(C)c1CCC(=O)Nc1ccc(C(C)C)cc1. The maximum Gasteiger partial charge on any atom is 0.224 e. The predicted molar refractivity (Wildman–Crippen MR) is 104 cm³/mol. The molecule has 2 rings (SSSR count). The highest BCUT2D eigenvalue weighted by Gasteiger charge is 2.14. The molecule has 0 radical (unpaired) electrons. The number of amides is 1. The molecule has 1 aromatic heterocycles. The minimum atomic E-state index is 0.0488. The molecule has 0 spiro atoms. The Kier molecular flexibility index (Phi) is 6.40. The van der Waals surface area contributed by atoms with E-state index in [0.717, 1.165) is 24.3 Å². The predicted octanol–water partition coefficient (Wildman–Crippen LogP) is 4.85. The fourth-order valence-electron chi connectivity index (χ4n) is 3.03. The first-order chi connectivity index (χ1) is 11.8. The summed E-state index contributed by atoms with van der Waals surface area (Å²) in [4.78, 5) is 12.3. The van der Waals surface area contributed by atoms with Gasteiger partial charge in [-0.2, -0.15) is 5.10 Å². The fraction of sp³-hybridized carbons (Fsp3) is 0.524. The van der Waals surface area contributed by atoms with E-state index >= 15 is 0 Å². The highest BCUT2D eigenvalue weighted by Crippen LogP contribution is 2.19. The first kappa shape index (κ1) is 19.2. The molecular formula is C21H31N3O. The summed E-state index contributed by atoms with van der Waals surface area (Å²) in [6.07, 6.45) is 1.20. The number of nitrogens with zero attached hydrogens (tertiary/aromatic N) is 2. The number of carbonyl (C=O) groups is 1. The van der Waals surface area contributed by atoms with E-state index in [4.69, 9.17) is 0 Å². The fourth-order valence-corrected chi connectivity index (χ4v) is 3.03. The molecule has 0 saturated carbocycles.